The van der Waals surface area contributed by atoms with Crippen LogP contribution in [-0.4, -0.2) is 34.3 Å². The Labute approximate surface area is 151 Å². The summed E-state index contributed by atoms with van der Waals surface area (Å²) in [5, 5.41) is 24.7. The fourth-order valence-electron chi connectivity index (χ4n) is 3.03. The van der Waals surface area contributed by atoms with Crippen LogP contribution in [0.25, 0.3) is 33.8 Å². The lowest BCUT2D eigenvalue weighted by Gasteiger charge is -2.03. The first kappa shape index (κ1) is 15.1. The Balaban J connectivity index is 1.70. The molecule has 0 unspecified atom stereocenters. The van der Waals surface area contributed by atoms with Crippen molar-refractivity contribution in [2.75, 3.05) is 0 Å². The van der Waals surface area contributed by atoms with E-state index in [0.717, 1.165) is 11.1 Å². The van der Waals surface area contributed by atoms with E-state index in [1.165, 1.54) is 12.1 Å². The van der Waals surface area contributed by atoms with Crippen LogP contribution >= 0.6 is 0 Å². The van der Waals surface area contributed by atoms with Gasteiger partial charge in [-0.2, -0.15) is 5.10 Å². The Morgan fingerprint density at radius 3 is 2.63 bits per heavy atom. The minimum Gasteiger partial charge on any atom is -0.265 e. The van der Waals surface area contributed by atoms with Crippen molar-refractivity contribution in [3.8, 4) is 17.1 Å². The van der Waals surface area contributed by atoms with Gasteiger partial charge in [0.1, 0.15) is 6.33 Å². The summed E-state index contributed by atoms with van der Waals surface area (Å²) in [5.74, 6) is 0.482. The smallest absolute Gasteiger partial charge is 0.265 e. The predicted octanol–water partition coefficient (Wildman–Crippen LogP) is 3.04. The van der Waals surface area contributed by atoms with Crippen molar-refractivity contribution in [3.05, 3.63) is 77.2 Å². The maximum absolute atomic E-state index is 11.0. The van der Waals surface area contributed by atoms with Gasteiger partial charge in [0.25, 0.3) is 5.69 Å². The number of para-hydroxylation sites is 1. The summed E-state index contributed by atoms with van der Waals surface area (Å²) in [7, 11) is 0. The van der Waals surface area contributed by atoms with Gasteiger partial charge in [0.2, 0.25) is 0 Å². The Hall–Kier alpha value is -4.14. The van der Waals surface area contributed by atoms with Crippen molar-refractivity contribution in [1.29, 1.82) is 0 Å². The van der Waals surface area contributed by atoms with Crippen molar-refractivity contribution < 1.29 is 4.92 Å². The van der Waals surface area contributed by atoms with Crippen LogP contribution in [0.1, 0.15) is 0 Å². The van der Waals surface area contributed by atoms with E-state index in [-0.39, 0.29) is 5.69 Å². The molecular weight excluding hydrogens is 346 g/mol. The van der Waals surface area contributed by atoms with Gasteiger partial charge in [-0.15, -0.1) is 10.2 Å². The zero-order chi connectivity index (χ0) is 18.4. The molecule has 3 heterocycles. The standard InChI is InChI=1S/C18H11N7O2/c26-25(27)14-8-4-5-12(9-14)16-21-22-18-15-10-20-24(13-6-2-1-3-7-13)17(15)19-11-23(16)18/h1-11H. The molecule has 0 amide bonds. The van der Waals surface area contributed by atoms with Gasteiger partial charge in [0.15, 0.2) is 17.1 Å². The number of hydrogen-bond acceptors (Lipinski definition) is 6. The van der Waals surface area contributed by atoms with Crippen LogP contribution in [0.3, 0.4) is 0 Å². The molecule has 0 saturated heterocycles. The lowest BCUT2D eigenvalue weighted by atomic mass is 10.2. The molecule has 5 rings (SSSR count). The van der Waals surface area contributed by atoms with Gasteiger partial charge in [-0.3, -0.25) is 14.5 Å². The quantitative estimate of drug-likeness (QED) is 0.363. The van der Waals surface area contributed by atoms with Gasteiger partial charge in [0.05, 0.1) is 22.2 Å². The third-order valence-corrected chi connectivity index (χ3v) is 4.29. The largest absolute Gasteiger partial charge is 0.270 e. The normalized spacial score (nSPS) is 11.3. The van der Waals surface area contributed by atoms with E-state index < -0.39 is 4.92 Å². The minimum atomic E-state index is -0.437. The Morgan fingerprint density at radius 1 is 0.963 bits per heavy atom. The lowest BCUT2D eigenvalue weighted by molar-refractivity contribution is -0.384. The van der Waals surface area contributed by atoms with Crippen LogP contribution in [-0.2, 0) is 0 Å². The average Bonchev–Trinajstić information content (AvgIpc) is 3.32. The molecule has 0 fully saturated rings. The molecule has 5 aromatic rings. The highest BCUT2D eigenvalue weighted by molar-refractivity contribution is 5.90. The van der Waals surface area contributed by atoms with E-state index in [4.69, 9.17) is 0 Å². The molecule has 0 aliphatic rings. The number of rotatable bonds is 3. The summed E-state index contributed by atoms with van der Waals surface area (Å²) < 4.78 is 3.44. The topological polar surface area (TPSA) is 104 Å². The molecule has 0 bridgehead atoms. The summed E-state index contributed by atoms with van der Waals surface area (Å²) in [6, 6.07) is 16.0. The van der Waals surface area contributed by atoms with Crippen LogP contribution in [0.2, 0.25) is 0 Å². The highest BCUT2D eigenvalue weighted by Gasteiger charge is 2.16. The molecule has 0 N–H and O–H groups in total. The molecule has 0 aliphatic heterocycles. The van der Waals surface area contributed by atoms with Gasteiger partial charge in [0, 0.05) is 17.7 Å². The van der Waals surface area contributed by atoms with Crippen molar-refractivity contribution in [2.24, 2.45) is 0 Å². The lowest BCUT2D eigenvalue weighted by Crippen LogP contribution is -1.98. The summed E-state index contributed by atoms with van der Waals surface area (Å²) in [6.45, 7) is 0. The number of nitro groups is 1. The fraction of sp³-hybridized carbons (Fsp3) is 0. The second kappa shape index (κ2) is 5.70. The molecule has 3 aromatic heterocycles. The summed E-state index contributed by atoms with van der Waals surface area (Å²) in [4.78, 5) is 15.1. The summed E-state index contributed by atoms with van der Waals surface area (Å²) in [5.41, 5.74) is 2.72. The maximum Gasteiger partial charge on any atom is 0.270 e. The van der Waals surface area contributed by atoms with Crippen LogP contribution in [0.15, 0.2) is 67.1 Å². The van der Waals surface area contributed by atoms with Crippen molar-refractivity contribution in [3.63, 3.8) is 0 Å². The number of hydrogen-bond donors (Lipinski definition) is 0. The first-order valence-electron chi connectivity index (χ1n) is 8.10. The number of nitro benzene ring substituents is 1. The Morgan fingerprint density at radius 2 is 1.81 bits per heavy atom. The first-order valence-corrected chi connectivity index (χ1v) is 8.10. The molecule has 0 radical (unpaired) electrons. The number of fused-ring (bicyclic) bond motifs is 3. The number of nitrogens with zero attached hydrogens (tertiary/aromatic N) is 7. The number of aromatic nitrogens is 6. The molecule has 0 atom stereocenters. The van der Waals surface area contributed by atoms with Crippen LogP contribution < -0.4 is 0 Å². The Bertz CT molecular complexity index is 1310. The highest BCUT2D eigenvalue weighted by Crippen LogP contribution is 2.26. The number of non-ortho nitro benzene ring substituents is 1. The van der Waals surface area contributed by atoms with E-state index >= 15 is 0 Å². The van der Waals surface area contributed by atoms with Crippen molar-refractivity contribution >= 4 is 22.4 Å². The zero-order valence-corrected chi connectivity index (χ0v) is 13.8. The fourth-order valence-corrected chi connectivity index (χ4v) is 3.03. The molecule has 130 valence electrons. The minimum absolute atomic E-state index is 0.00446. The molecule has 0 aliphatic carbocycles. The van der Waals surface area contributed by atoms with Gasteiger partial charge in [-0.05, 0) is 12.1 Å². The third kappa shape index (κ3) is 2.33. The van der Waals surface area contributed by atoms with Gasteiger partial charge in [-0.25, -0.2) is 9.67 Å². The summed E-state index contributed by atoms with van der Waals surface area (Å²) in [6.07, 6.45) is 3.30. The molecule has 9 nitrogen and oxygen atoms in total. The molecule has 2 aromatic carbocycles. The van der Waals surface area contributed by atoms with Gasteiger partial charge >= 0.3 is 0 Å². The molecule has 27 heavy (non-hydrogen) atoms. The van der Waals surface area contributed by atoms with E-state index in [1.54, 1.807) is 33.7 Å². The average molecular weight is 357 g/mol. The first-order chi connectivity index (χ1) is 13.2. The zero-order valence-electron chi connectivity index (χ0n) is 13.8. The van der Waals surface area contributed by atoms with Gasteiger partial charge in [-0.1, -0.05) is 30.3 Å². The summed E-state index contributed by atoms with van der Waals surface area (Å²) >= 11 is 0. The van der Waals surface area contributed by atoms with Gasteiger partial charge < -0.3 is 0 Å². The van der Waals surface area contributed by atoms with Crippen LogP contribution in [0.5, 0.6) is 0 Å². The number of benzene rings is 2. The Kier molecular flexibility index (Phi) is 3.20. The second-order valence-electron chi connectivity index (χ2n) is 5.90. The van der Waals surface area contributed by atoms with E-state index in [0.29, 0.717) is 22.7 Å². The maximum atomic E-state index is 11.0. The van der Waals surface area contributed by atoms with E-state index in [2.05, 4.69) is 20.3 Å². The second-order valence-corrected chi connectivity index (χ2v) is 5.90. The molecule has 0 saturated carbocycles. The predicted molar refractivity (Wildman–Crippen MR) is 97.5 cm³/mol. The highest BCUT2D eigenvalue weighted by atomic mass is 16.6. The molecule has 0 spiro atoms. The monoisotopic (exact) mass is 357 g/mol. The van der Waals surface area contributed by atoms with Crippen molar-refractivity contribution in [1.82, 2.24) is 29.4 Å². The SMILES string of the molecule is O=[N+]([O-])c1cccc(-c2nnc3c4cnn(-c5ccccc5)c4ncn23)c1. The van der Waals surface area contributed by atoms with Crippen LogP contribution in [0, 0.1) is 10.1 Å². The van der Waals surface area contributed by atoms with E-state index in [9.17, 15) is 10.1 Å². The van der Waals surface area contributed by atoms with E-state index in [1.807, 2.05) is 30.3 Å². The molecule has 9 heteroatoms. The third-order valence-electron chi connectivity index (χ3n) is 4.29. The molecular formula is C18H11N7O2. The van der Waals surface area contributed by atoms with Crippen molar-refractivity contribution in [2.45, 2.75) is 0 Å². The van der Waals surface area contributed by atoms with Crippen LogP contribution in [0.4, 0.5) is 5.69 Å².